The topological polar surface area (TPSA) is 131 Å². The molecule has 2 fully saturated rings. The van der Waals surface area contributed by atoms with E-state index in [1.54, 1.807) is 32.2 Å². The molecule has 0 aromatic carbocycles. The second-order valence-electron chi connectivity index (χ2n) is 8.50. The Balaban J connectivity index is 1.73. The lowest BCUT2D eigenvalue weighted by atomic mass is 9.84. The van der Waals surface area contributed by atoms with Gasteiger partial charge in [0.1, 0.15) is 6.04 Å². The van der Waals surface area contributed by atoms with Gasteiger partial charge < -0.3 is 10.6 Å². The van der Waals surface area contributed by atoms with Crippen molar-refractivity contribution < 1.29 is 22.8 Å². The van der Waals surface area contributed by atoms with E-state index in [9.17, 15) is 22.8 Å². The summed E-state index contributed by atoms with van der Waals surface area (Å²) in [6, 6.07) is 2.01. The Labute approximate surface area is 170 Å². The molecule has 2 amide bonds. The maximum Gasteiger partial charge on any atom is 0.223 e. The number of hydrogen-bond donors (Lipinski definition) is 1. The van der Waals surface area contributed by atoms with Gasteiger partial charge in [-0.25, -0.2) is 8.42 Å². The fourth-order valence-corrected chi connectivity index (χ4v) is 5.95. The maximum atomic E-state index is 12.9. The summed E-state index contributed by atoms with van der Waals surface area (Å²) in [5.41, 5.74) is 5.16. The number of likely N-dealkylation sites (tertiary alicyclic amines) is 1. The van der Waals surface area contributed by atoms with Crippen LogP contribution in [0.5, 0.6) is 0 Å². The van der Waals surface area contributed by atoms with E-state index in [0.717, 1.165) is 0 Å². The molecule has 0 spiro atoms. The molecule has 2 saturated heterocycles. The first-order valence-corrected chi connectivity index (χ1v) is 11.1. The number of pyridine rings is 1. The molecule has 3 rings (SSSR count). The Morgan fingerprint density at radius 3 is 2.66 bits per heavy atom. The number of nitrogens with two attached hydrogens (primary N) is 1. The standard InChI is InChI=1S/C19H26N4O5S/c1-19(2,8-16(20)25)9-17(26)22-7-5-14-18(22)15(24)11-23(14)29(27,28)12-13-4-3-6-21-10-13/h3-4,6,10,14,18H,5,7-9,11-12H2,1-2H3,(H2,20,25). The number of sulfonamides is 1. The molecule has 158 valence electrons. The second kappa shape index (κ2) is 7.83. The molecule has 0 saturated carbocycles. The molecule has 29 heavy (non-hydrogen) atoms. The van der Waals surface area contributed by atoms with Crippen molar-refractivity contribution in [1.29, 1.82) is 0 Å². The van der Waals surface area contributed by atoms with Gasteiger partial charge in [-0.1, -0.05) is 19.9 Å². The van der Waals surface area contributed by atoms with E-state index in [0.29, 0.717) is 18.5 Å². The van der Waals surface area contributed by atoms with Crippen LogP contribution in [0.4, 0.5) is 0 Å². The fourth-order valence-electron chi connectivity index (χ4n) is 4.24. The van der Waals surface area contributed by atoms with Crippen LogP contribution in [0.2, 0.25) is 0 Å². The molecule has 1 aromatic rings. The van der Waals surface area contributed by atoms with Crippen molar-refractivity contribution in [3.8, 4) is 0 Å². The maximum absolute atomic E-state index is 12.9. The first-order valence-electron chi connectivity index (χ1n) is 9.49. The van der Waals surface area contributed by atoms with Crippen molar-refractivity contribution >= 4 is 27.6 Å². The normalized spacial score (nSPS) is 22.7. The van der Waals surface area contributed by atoms with Crippen LogP contribution < -0.4 is 5.73 Å². The number of amides is 2. The number of carbonyl (C=O) groups is 3. The summed E-state index contributed by atoms with van der Waals surface area (Å²) in [7, 11) is -3.73. The highest BCUT2D eigenvalue weighted by molar-refractivity contribution is 7.88. The van der Waals surface area contributed by atoms with Crippen molar-refractivity contribution in [2.24, 2.45) is 11.1 Å². The average molecular weight is 423 g/mol. The fraction of sp³-hybridized carbons (Fsp3) is 0.579. The molecule has 2 atom stereocenters. The zero-order valence-corrected chi connectivity index (χ0v) is 17.4. The molecule has 2 N–H and O–H groups in total. The zero-order valence-electron chi connectivity index (χ0n) is 16.6. The van der Waals surface area contributed by atoms with Gasteiger partial charge in [0.15, 0.2) is 5.78 Å². The average Bonchev–Trinajstić information content (AvgIpc) is 3.15. The van der Waals surface area contributed by atoms with Crippen LogP contribution in [0.15, 0.2) is 24.5 Å². The Morgan fingerprint density at radius 2 is 2.03 bits per heavy atom. The molecule has 10 heteroatoms. The van der Waals surface area contributed by atoms with E-state index in [1.807, 2.05) is 0 Å². The lowest BCUT2D eigenvalue weighted by Crippen LogP contribution is -2.45. The molecule has 1 aromatic heterocycles. The Hall–Kier alpha value is -2.33. The van der Waals surface area contributed by atoms with Gasteiger partial charge in [-0.15, -0.1) is 0 Å². The van der Waals surface area contributed by atoms with E-state index >= 15 is 0 Å². The number of hydrogen-bond acceptors (Lipinski definition) is 6. The lowest BCUT2D eigenvalue weighted by molar-refractivity contribution is -0.138. The van der Waals surface area contributed by atoms with Gasteiger partial charge >= 0.3 is 0 Å². The molecule has 2 unspecified atom stereocenters. The highest BCUT2D eigenvalue weighted by Crippen LogP contribution is 2.35. The summed E-state index contributed by atoms with van der Waals surface area (Å²) in [4.78, 5) is 42.1. The van der Waals surface area contributed by atoms with Crippen molar-refractivity contribution in [2.75, 3.05) is 13.1 Å². The Kier molecular flexibility index (Phi) is 5.77. The number of nitrogens with zero attached hydrogens (tertiary/aromatic N) is 3. The summed E-state index contributed by atoms with van der Waals surface area (Å²) in [5, 5.41) is 0. The predicted molar refractivity (Wildman–Crippen MR) is 105 cm³/mol. The largest absolute Gasteiger partial charge is 0.370 e. The third kappa shape index (κ3) is 4.64. The van der Waals surface area contributed by atoms with Gasteiger partial charge in [0, 0.05) is 31.8 Å². The molecular weight excluding hydrogens is 396 g/mol. The molecule has 0 bridgehead atoms. The summed E-state index contributed by atoms with van der Waals surface area (Å²) in [6.45, 7) is 3.62. The lowest BCUT2D eigenvalue weighted by Gasteiger charge is -2.28. The van der Waals surface area contributed by atoms with Crippen LogP contribution in [-0.2, 0) is 30.2 Å². The Bertz CT molecular complexity index is 916. The van der Waals surface area contributed by atoms with Crippen molar-refractivity contribution in [3.63, 3.8) is 0 Å². The van der Waals surface area contributed by atoms with Crippen LogP contribution in [0.3, 0.4) is 0 Å². The van der Waals surface area contributed by atoms with Crippen molar-refractivity contribution in [2.45, 2.75) is 50.9 Å². The number of fused-ring (bicyclic) bond motifs is 1. The van der Waals surface area contributed by atoms with Crippen LogP contribution in [-0.4, -0.2) is 65.4 Å². The third-order valence-corrected chi connectivity index (χ3v) is 7.22. The van der Waals surface area contributed by atoms with Gasteiger partial charge in [-0.3, -0.25) is 19.4 Å². The number of rotatable bonds is 7. The number of aromatic nitrogens is 1. The SMILES string of the molecule is CC(C)(CC(N)=O)CC(=O)N1CCC2C1C(=O)CN2S(=O)(=O)Cc1cccnc1. The number of primary amides is 1. The van der Waals surface area contributed by atoms with Crippen LogP contribution >= 0.6 is 0 Å². The summed E-state index contributed by atoms with van der Waals surface area (Å²) >= 11 is 0. The molecular formula is C19H26N4O5S. The van der Waals surface area contributed by atoms with Gasteiger partial charge in [-0.05, 0) is 23.5 Å². The highest BCUT2D eigenvalue weighted by Gasteiger charge is 2.53. The highest BCUT2D eigenvalue weighted by atomic mass is 32.2. The van der Waals surface area contributed by atoms with Crippen LogP contribution in [0.25, 0.3) is 0 Å². The molecule has 0 aliphatic carbocycles. The summed E-state index contributed by atoms with van der Waals surface area (Å²) < 4.78 is 27.0. The number of Topliss-reactive ketones (excluding diaryl/α,β-unsaturated/α-hetero) is 1. The first kappa shape index (κ1) is 21.4. The quantitative estimate of drug-likeness (QED) is 0.661. The molecule has 2 aliphatic rings. The smallest absolute Gasteiger partial charge is 0.223 e. The van der Waals surface area contributed by atoms with Gasteiger partial charge in [-0.2, -0.15) is 4.31 Å². The minimum Gasteiger partial charge on any atom is -0.370 e. The zero-order chi connectivity index (χ0) is 21.4. The summed E-state index contributed by atoms with van der Waals surface area (Å²) in [5.74, 6) is -1.27. The molecule has 0 radical (unpaired) electrons. The minimum absolute atomic E-state index is 0.0558. The molecule has 2 aliphatic heterocycles. The van der Waals surface area contributed by atoms with E-state index < -0.39 is 33.4 Å². The minimum atomic E-state index is -3.73. The number of carbonyl (C=O) groups excluding carboxylic acids is 3. The van der Waals surface area contributed by atoms with E-state index in [4.69, 9.17) is 5.73 Å². The van der Waals surface area contributed by atoms with E-state index in [1.165, 1.54) is 15.4 Å². The molecule has 3 heterocycles. The van der Waals surface area contributed by atoms with Crippen molar-refractivity contribution in [3.05, 3.63) is 30.1 Å². The first-order chi connectivity index (χ1) is 13.5. The summed E-state index contributed by atoms with van der Waals surface area (Å²) in [6.07, 6.45) is 3.57. The second-order valence-corrected chi connectivity index (χ2v) is 10.4. The molecule has 9 nitrogen and oxygen atoms in total. The van der Waals surface area contributed by atoms with Gasteiger partial charge in [0.05, 0.1) is 18.3 Å². The monoisotopic (exact) mass is 422 g/mol. The van der Waals surface area contributed by atoms with Crippen LogP contribution in [0, 0.1) is 5.41 Å². The van der Waals surface area contributed by atoms with Crippen molar-refractivity contribution in [1.82, 2.24) is 14.2 Å². The van der Waals surface area contributed by atoms with Gasteiger partial charge in [0.25, 0.3) is 0 Å². The third-order valence-electron chi connectivity index (χ3n) is 5.41. The van der Waals surface area contributed by atoms with E-state index in [2.05, 4.69) is 4.98 Å². The predicted octanol–water partition coefficient (Wildman–Crippen LogP) is 0.0573. The van der Waals surface area contributed by atoms with E-state index in [-0.39, 0.29) is 36.8 Å². The number of ketones is 1. The Morgan fingerprint density at radius 1 is 1.31 bits per heavy atom. The van der Waals surface area contributed by atoms with Crippen LogP contribution in [0.1, 0.15) is 38.7 Å². The van der Waals surface area contributed by atoms with Gasteiger partial charge in [0.2, 0.25) is 21.8 Å².